The van der Waals surface area contributed by atoms with E-state index in [1.165, 1.54) is 38.9 Å². The Hall–Kier alpha value is -0.120. The molecule has 0 spiro atoms. The van der Waals surface area contributed by atoms with Gasteiger partial charge in [-0.15, -0.1) is 0 Å². The predicted octanol–water partition coefficient (Wildman–Crippen LogP) is 0.751. The van der Waals surface area contributed by atoms with Crippen molar-refractivity contribution in [2.75, 3.05) is 39.8 Å². The monoisotopic (exact) mass is 199 g/mol. The third kappa shape index (κ3) is 3.56. The summed E-state index contributed by atoms with van der Waals surface area (Å²) in [5, 5.41) is 0. The standard InChI is InChI=1S/C11H25N3/c1-3-4-7-14-8-5-6-13(2)11(9-12)10-14/h11H,3-10,12H2,1-2H3. The molecule has 1 aliphatic heterocycles. The van der Waals surface area contributed by atoms with Gasteiger partial charge in [0.15, 0.2) is 0 Å². The number of hydrogen-bond donors (Lipinski definition) is 1. The van der Waals surface area contributed by atoms with Gasteiger partial charge in [0, 0.05) is 19.1 Å². The fourth-order valence-electron chi connectivity index (χ4n) is 2.09. The van der Waals surface area contributed by atoms with Crippen molar-refractivity contribution in [1.82, 2.24) is 9.80 Å². The Morgan fingerprint density at radius 2 is 2.14 bits per heavy atom. The minimum Gasteiger partial charge on any atom is -0.329 e. The summed E-state index contributed by atoms with van der Waals surface area (Å²) < 4.78 is 0. The second-order valence-electron chi connectivity index (χ2n) is 4.38. The molecule has 3 heteroatoms. The second-order valence-corrected chi connectivity index (χ2v) is 4.38. The predicted molar refractivity (Wildman–Crippen MR) is 61.4 cm³/mol. The quantitative estimate of drug-likeness (QED) is 0.725. The number of nitrogens with two attached hydrogens (primary N) is 1. The van der Waals surface area contributed by atoms with Crippen molar-refractivity contribution in [3.05, 3.63) is 0 Å². The summed E-state index contributed by atoms with van der Waals surface area (Å²) in [5.41, 5.74) is 5.79. The average Bonchev–Trinajstić information content (AvgIpc) is 2.37. The van der Waals surface area contributed by atoms with Crippen molar-refractivity contribution < 1.29 is 0 Å². The first-order valence-electron chi connectivity index (χ1n) is 5.90. The third-order valence-corrected chi connectivity index (χ3v) is 3.18. The van der Waals surface area contributed by atoms with Crippen LogP contribution in [0.2, 0.25) is 0 Å². The van der Waals surface area contributed by atoms with E-state index in [1.54, 1.807) is 0 Å². The maximum Gasteiger partial charge on any atom is 0.0342 e. The molecule has 1 aliphatic rings. The molecule has 0 aromatic carbocycles. The van der Waals surface area contributed by atoms with Crippen molar-refractivity contribution in [2.45, 2.75) is 32.2 Å². The molecule has 0 bridgehead atoms. The lowest BCUT2D eigenvalue weighted by atomic mass is 10.2. The fraction of sp³-hybridized carbons (Fsp3) is 1.00. The van der Waals surface area contributed by atoms with E-state index in [4.69, 9.17) is 5.73 Å². The molecule has 1 heterocycles. The maximum absolute atomic E-state index is 5.79. The first-order valence-corrected chi connectivity index (χ1v) is 5.90. The largest absolute Gasteiger partial charge is 0.329 e. The Labute approximate surface area is 88.2 Å². The van der Waals surface area contributed by atoms with E-state index in [-0.39, 0.29) is 0 Å². The summed E-state index contributed by atoms with van der Waals surface area (Å²) in [6.07, 6.45) is 3.90. The highest BCUT2D eigenvalue weighted by molar-refractivity contribution is 4.78. The Kier molecular flexibility index (Phi) is 5.45. The Balaban J connectivity index is 2.37. The molecule has 0 saturated carbocycles. The average molecular weight is 199 g/mol. The molecule has 1 fully saturated rings. The molecule has 84 valence electrons. The van der Waals surface area contributed by atoms with Crippen LogP contribution in [0.3, 0.4) is 0 Å². The molecule has 0 radical (unpaired) electrons. The van der Waals surface area contributed by atoms with Crippen molar-refractivity contribution in [3.63, 3.8) is 0 Å². The van der Waals surface area contributed by atoms with Crippen molar-refractivity contribution in [1.29, 1.82) is 0 Å². The van der Waals surface area contributed by atoms with Crippen molar-refractivity contribution >= 4 is 0 Å². The molecule has 0 aromatic heterocycles. The lowest BCUT2D eigenvalue weighted by molar-refractivity contribution is 0.210. The molecule has 14 heavy (non-hydrogen) atoms. The van der Waals surface area contributed by atoms with Crippen LogP contribution in [0.4, 0.5) is 0 Å². The smallest absolute Gasteiger partial charge is 0.0342 e. The molecule has 3 nitrogen and oxygen atoms in total. The van der Waals surface area contributed by atoms with Crippen LogP contribution in [-0.2, 0) is 0 Å². The van der Waals surface area contributed by atoms with Crippen LogP contribution in [-0.4, -0.2) is 55.6 Å². The van der Waals surface area contributed by atoms with E-state index < -0.39 is 0 Å². The fourth-order valence-corrected chi connectivity index (χ4v) is 2.09. The van der Waals surface area contributed by atoms with Crippen LogP contribution in [0, 0.1) is 0 Å². The summed E-state index contributed by atoms with van der Waals surface area (Å²) in [6.45, 7) is 7.91. The number of hydrogen-bond acceptors (Lipinski definition) is 3. The van der Waals surface area contributed by atoms with Gasteiger partial charge >= 0.3 is 0 Å². The number of rotatable bonds is 4. The Morgan fingerprint density at radius 1 is 1.36 bits per heavy atom. The van der Waals surface area contributed by atoms with Crippen LogP contribution in [0.1, 0.15) is 26.2 Å². The van der Waals surface area contributed by atoms with Gasteiger partial charge in [0.05, 0.1) is 0 Å². The van der Waals surface area contributed by atoms with E-state index in [9.17, 15) is 0 Å². The zero-order chi connectivity index (χ0) is 10.4. The highest BCUT2D eigenvalue weighted by atomic mass is 15.2. The lowest BCUT2D eigenvalue weighted by Gasteiger charge is -2.27. The van der Waals surface area contributed by atoms with Crippen LogP contribution in [0.25, 0.3) is 0 Å². The van der Waals surface area contributed by atoms with Gasteiger partial charge in [0.1, 0.15) is 0 Å². The Bertz CT molecular complexity index is 147. The van der Waals surface area contributed by atoms with Gasteiger partial charge in [-0.3, -0.25) is 0 Å². The van der Waals surface area contributed by atoms with Gasteiger partial charge in [-0.1, -0.05) is 13.3 Å². The number of likely N-dealkylation sites (N-methyl/N-ethyl adjacent to an activating group) is 1. The number of nitrogens with zero attached hydrogens (tertiary/aromatic N) is 2. The van der Waals surface area contributed by atoms with Crippen LogP contribution >= 0.6 is 0 Å². The van der Waals surface area contributed by atoms with Crippen LogP contribution in [0.5, 0.6) is 0 Å². The van der Waals surface area contributed by atoms with E-state index in [0.717, 1.165) is 13.1 Å². The second kappa shape index (κ2) is 6.38. The summed E-state index contributed by atoms with van der Waals surface area (Å²) in [4.78, 5) is 4.98. The zero-order valence-electron chi connectivity index (χ0n) is 9.71. The lowest BCUT2D eigenvalue weighted by Crippen LogP contribution is -2.43. The minimum atomic E-state index is 0.564. The Morgan fingerprint density at radius 3 is 2.79 bits per heavy atom. The normalized spacial score (nSPS) is 26.4. The minimum absolute atomic E-state index is 0.564. The van der Waals surface area contributed by atoms with E-state index in [2.05, 4.69) is 23.8 Å². The molecular formula is C11H25N3. The molecule has 0 aliphatic carbocycles. The first-order chi connectivity index (χ1) is 6.77. The topological polar surface area (TPSA) is 32.5 Å². The van der Waals surface area contributed by atoms with Gasteiger partial charge in [-0.25, -0.2) is 0 Å². The third-order valence-electron chi connectivity index (χ3n) is 3.18. The van der Waals surface area contributed by atoms with Gasteiger partial charge in [-0.2, -0.15) is 0 Å². The molecule has 1 atom stereocenters. The number of unbranched alkanes of at least 4 members (excludes halogenated alkanes) is 1. The van der Waals surface area contributed by atoms with Crippen molar-refractivity contribution in [3.8, 4) is 0 Å². The maximum atomic E-state index is 5.79. The summed E-state index contributed by atoms with van der Waals surface area (Å²) in [5.74, 6) is 0. The summed E-state index contributed by atoms with van der Waals surface area (Å²) in [7, 11) is 2.20. The van der Waals surface area contributed by atoms with Crippen LogP contribution in [0.15, 0.2) is 0 Å². The van der Waals surface area contributed by atoms with Gasteiger partial charge in [0.2, 0.25) is 0 Å². The molecule has 1 saturated heterocycles. The van der Waals surface area contributed by atoms with E-state index in [0.29, 0.717) is 6.04 Å². The SMILES string of the molecule is CCCCN1CCCN(C)C(CN)C1. The molecule has 1 unspecified atom stereocenters. The summed E-state index contributed by atoms with van der Waals surface area (Å²) >= 11 is 0. The van der Waals surface area contributed by atoms with Gasteiger partial charge < -0.3 is 15.5 Å². The molecular weight excluding hydrogens is 174 g/mol. The molecule has 0 amide bonds. The van der Waals surface area contributed by atoms with E-state index >= 15 is 0 Å². The van der Waals surface area contributed by atoms with Gasteiger partial charge in [0.25, 0.3) is 0 Å². The highest BCUT2D eigenvalue weighted by Gasteiger charge is 2.20. The molecule has 2 N–H and O–H groups in total. The molecule has 1 rings (SSSR count). The van der Waals surface area contributed by atoms with Crippen LogP contribution < -0.4 is 5.73 Å². The molecule has 0 aromatic rings. The van der Waals surface area contributed by atoms with Crippen molar-refractivity contribution in [2.24, 2.45) is 5.73 Å². The highest BCUT2D eigenvalue weighted by Crippen LogP contribution is 2.08. The zero-order valence-corrected chi connectivity index (χ0v) is 9.71. The van der Waals surface area contributed by atoms with Gasteiger partial charge in [-0.05, 0) is 39.5 Å². The van der Waals surface area contributed by atoms with E-state index in [1.807, 2.05) is 0 Å². The first kappa shape index (κ1) is 12.0. The summed E-state index contributed by atoms with van der Waals surface area (Å²) in [6, 6.07) is 0.564.